The van der Waals surface area contributed by atoms with Crippen molar-refractivity contribution in [3.8, 4) is 5.75 Å². The van der Waals surface area contributed by atoms with Gasteiger partial charge in [0, 0.05) is 30.2 Å². The largest absolute Gasteiger partial charge is 0.496 e. The summed E-state index contributed by atoms with van der Waals surface area (Å²) in [5.41, 5.74) is 3.68. The molecule has 0 N–H and O–H groups in total. The van der Waals surface area contributed by atoms with E-state index in [0.29, 0.717) is 0 Å². The van der Waals surface area contributed by atoms with Crippen LogP contribution in [0.25, 0.3) is 0 Å². The van der Waals surface area contributed by atoms with E-state index in [0.717, 1.165) is 17.6 Å². The zero-order valence-corrected chi connectivity index (χ0v) is 12.9. The van der Waals surface area contributed by atoms with Crippen molar-refractivity contribution in [3.63, 3.8) is 0 Å². The van der Waals surface area contributed by atoms with Gasteiger partial charge in [0.05, 0.1) is 7.11 Å². The molecule has 0 unspecified atom stereocenters. The predicted octanol–water partition coefficient (Wildman–Crippen LogP) is 4.23. The zero-order valence-electron chi connectivity index (χ0n) is 11.3. The molecule has 2 aromatic carbocycles. The topological polar surface area (TPSA) is 12.5 Å². The van der Waals surface area contributed by atoms with Crippen molar-refractivity contribution in [3.05, 3.63) is 59.7 Å². The maximum atomic E-state index is 5.39. The van der Waals surface area contributed by atoms with Gasteiger partial charge < -0.3 is 9.64 Å². The van der Waals surface area contributed by atoms with E-state index in [9.17, 15) is 0 Å². The Balaban J connectivity index is 2.13. The Morgan fingerprint density at radius 3 is 2.37 bits per heavy atom. The summed E-state index contributed by atoms with van der Waals surface area (Å²) in [7, 11) is 3.80. The molecule has 0 saturated carbocycles. The van der Waals surface area contributed by atoms with Crippen LogP contribution in [-0.2, 0) is 11.9 Å². The van der Waals surface area contributed by atoms with Gasteiger partial charge in [0.15, 0.2) is 0 Å². The molecule has 0 aliphatic heterocycles. The lowest BCUT2D eigenvalue weighted by Gasteiger charge is -2.21. The van der Waals surface area contributed by atoms with E-state index in [1.165, 1.54) is 16.8 Å². The van der Waals surface area contributed by atoms with E-state index in [2.05, 4.69) is 58.2 Å². The van der Waals surface area contributed by atoms with Gasteiger partial charge in [-0.1, -0.05) is 46.3 Å². The summed E-state index contributed by atoms with van der Waals surface area (Å²) in [6, 6.07) is 16.7. The fraction of sp³-hybridized carbons (Fsp3) is 0.250. The van der Waals surface area contributed by atoms with E-state index in [4.69, 9.17) is 4.74 Å². The van der Waals surface area contributed by atoms with Crippen LogP contribution < -0.4 is 9.64 Å². The summed E-state index contributed by atoms with van der Waals surface area (Å²) in [4.78, 5) is 2.22. The van der Waals surface area contributed by atoms with Crippen LogP contribution in [0, 0.1) is 0 Å². The van der Waals surface area contributed by atoms with Crippen molar-refractivity contribution in [2.24, 2.45) is 0 Å². The molecule has 0 aliphatic rings. The first-order valence-corrected chi connectivity index (χ1v) is 7.34. The Morgan fingerprint density at radius 2 is 1.74 bits per heavy atom. The van der Waals surface area contributed by atoms with Crippen molar-refractivity contribution in [2.75, 3.05) is 19.1 Å². The molecule has 2 rings (SSSR count). The smallest absolute Gasteiger partial charge is 0.123 e. The van der Waals surface area contributed by atoms with Crippen LogP contribution in [-0.4, -0.2) is 14.2 Å². The third-order valence-electron chi connectivity index (χ3n) is 3.13. The second-order valence-corrected chi connectivity index (χ2v) is 5.03. The molecule has 0 radical (unpaired) electrons. The first-order chi connectivity index (χ1) is 9.24. The zero-order chi connectivity index (χ0) is 13.7. The van der Waals surface area contributed by atoms with Crippen molar-refractivity contribution >= 4 is 21.6 Å². The number of anilines is 1. The molecule has 0 atom stereocenters. The van der Waals surface area contributed by atoms with Crippen LogP contribution in [0.15, 0.2) is 48.5 Å². The van der Waals surface area contributed by atoms with Crippen LogP contribution in [0.4, 0.5) is 5.69 Å². The number of nitrogens with zero attached hydrogens (tertiary/aromatic N) is 1. The molecular formula is C16H18BrNO. The standard InChI is InChI=1S/C16H18BrNO/c1-18(15-9-7-13(11-17)8-10-15)12-14-5-3-4-6-16(14)19-2/h3-10H,11-12H2,1-2H3. The highest BCUT2D eigenvalue weighted by atomic mass is 79.9. The number of hydrogen-bond acceptors (Lipinski definition) is 2. The minimum Gasteiger partial charge on any atom is -0.496 e. The molecule has 0 aliphatic carbocycles. The normalized spacial score (nSPS) is 10.3. The number of methoxy groups -OCH3 is 1. The molecule has 100 valence electrons. The number of halogens is 1. The van der Waals surface area contributed by atoms with E-state index in [-0.39, 0.29) is 0 Å². The average molecular weight is 320 g/mol. The Labute approximate surface area is 123 Å². The van der Waals surface area contributed by atoms with Gasteiger partial charge >= 0.3 is 0 Å². The van der Waals surface area contributed by atoms with Crippen LogP contribution >= 0.6 is 15.9 Å². The second-order valence-electron chi connectivity index (χ2n) is 4.47. The molecule has 0 aromatic heterocycles. The Kier molecular flexibility index (Phi) is 4.86. The van der Waals surface area contributed by atoms with Crippen LogP contribution in [0.3, 0.4) is 0 Å². The lowest BCUT2D eigenvalue weighted by molar-refractivity contribution is 0.409. The highest BCUT2D eigenvalue weighted by Gasteiger charge is 2.06. The third kappa shape index (κ3) is 3.51. The molecule has 0 saturated heterocycles. The molecule has 0 heterocycles. The quantitative estimate of drug-likeness (QED) is 0.765. The number of hydrogen-bond donors (Lipinski definition) is 0. The lowest BCUT2D eigenvalue weighted by atomic mass is 10.1. The van der Waals surface area contributed by atoms with Crippen molar-refractivity contribution in [1.29, 1.82) is 0 Å². The molecule has 2 aromatic rings. The summed E-state index contributed by atoms with van der Waals surface area (Å²) >= 11 is 3.46. The highest BCUT2D eigenvalue weighted by Crippen LogP contribution is 2.22. The number of benzene rings is 2. The molecular weight excluding hydrogens is 302 g/mol. The molecule has 2 nitrogen and oxygen atoms in total. The summed E-state index contributed by atoms with van der Waals surface area (Å²) in [6.45, 7) is 0.831. The summed E-state index contributed by atoms with van der Waals surface area (Å²) in [5.74, 6) is 0.937. The van der Waals surface area contributed by atoms with Gasteiger partial charge in [0.2, 0.25) is 0 Å². The minimum absolute atomic E-state index is 0.831. The summed E-state index contributed by atoms with van der Waals surface area (Å²) < 4.78 is 5.39. The van der Waals surface area contributed by atoms with Crippen molar-refractivity contribution in [1.82, 2.24) is 0 Å². The molecule has 0 fully saturated rings. The highest BCUT2D eigenvalue weighted by molar-refractivity contribution is 9.08. The van der Waals surface area contributed by atoms with Crippen molar-refractivity contribution in [2.45, 2.75) is 11.9 Å². The minimum atomic E-state index is 0.831. The lowest BCUT2D eigenvalue weighted by Crippen LogP contribution is -2.16. The fourth-order valence-corrected chi connectivity index (χ4v) is 2.39. The first kappa shape index (κ1) is 13.9. The Bertz CT molecular complexity index is 525. The van der Waals surface area contributed by atoms with Crippen LogP contribution in [0.1, 0.15) is 11.1 Å². The van der Waals surface area contributed by atoms with Gasteiger partial charge in [-0.3, -0.25) is 0 Å². The first-order valence-electron chi connectivity index (χ1n) is 6.22. The monoisotopic (exact) mass is 319 g/mol. The Morgan fingerprint density at radius 1 is 1.05 bits per heavy atom. The van der Waals surface area contributed by atoms with Gasteiger partial charge in [-0.05, 0) is 23.8 Å². The maximum Gasteiger partial charge on any atom is 0.123 e. The van der Waals surface area contributed by atoms with Crippen LogP contribution in [0.5, 0.6) is 5.75 Å². The SMILES string of the molecule is COc1ccccc1CN(C)c1ccc(CBr)cc1. The van der Waals surface area contributed by atoms with E-state index in [1.807, 2.05) is 18.2 Å². The van der Waals surface area contributed by atoms with Crippen molar-refractivity contribution < 1.29 is 4.74 Å². The van der Waals surface area contributed by atoms with E-state index in [1.54, 1.807) is 7.11 Å². The summed E-state index contributed by atoms with van der Waals surface area (Å²) in [5, 5.41) is 0.892. The molecule has 0 spiro atoms. The number of para-hydroxylation sites is 1. The maximum absolute atomic E-state index is 5.39. The molecule has 19 heavy (non-hydrogen) atoms. The van der Waals surface area contributed by atoms with Gasteiger partial charge in [0.1, 0.15) is 5.75 Å². The molecule has 0 bridgehead atoms. The summed E-state index contributed by atoms with van der Waals surface area (Å²) in [6.07, 6.45) is 0. The molecule has 3 heteroatoms. The molecule has 0 amide bonds. The number of ether oxygens (including phenoxy) is 1. The van der Waals surface area contributed by atoms with E-state index >= 15 is 0 Å². The predicted molar refractivity (Wildman–Crippen MR) is 84.2 cm³/mol. The Hall–Kier alpha value is -1.48. The fourth-order valence-electron chi connectivity index (χ4n) is 2.02. The van der Waals surface area contributed by atoms with Gasteiger partial charge in [-0.2, -0.15) is 0 Å². The van der Waals surface area contributed by atoms with Gasteiger partial charge in [-0.25, -0.2) is 0 Å². The van der Waals surface area contributed by atoms with Crippen LogP contribution in [0.2, 0.25) is 0 Å². The van der Waals surface area contributed by atoms with E-state index < -0.39 is 0 Å². The van der Waals surface area contributed by atoms with Gasteiger partial charge in [0.25, 0.3) is 0 Å². The van der Waals surface area contributed by atoms with Gasteiger partial charge in [-0.15, -0.1) is 0 Å². The third-order valence-corrected chi connectivity index (χ3v) is 3.78. The average Bonchev–Trinajstić information content (AvgIpc) is 2.48. The number of alkyl halides is 1. The number of rotatable bonds is 5. The second kappa shape index (κ2) is 6.62.